The molecular formula is C21H17ClF4N4O2. The van der Waals surface area contributed by atoms with E-state index >= 15 is 0 Å². The first-order valence-corrected chi connectivity index (χ1v) is 10.4. The standard InChI is InChI=1S/C21H17ClF4N4O2/c22-11-3-4-12(14(23)8-11)18-19-13(20(31)30-5-1-2-16(30)27-19)9-17(28-18)29-6-7-32-15(10-29)21(24,25)26/h3-4,8-9,15H,1-2,5-7,10H2/t15-/m1/s1. The molecule has 0 spiro atoms. The van der Waals surface area contributed by atoms with Gasteiger partial charge in [-0.05, 0) is 30.7 Å². The van der Waals surface area contributed by atoms with Gasteiger partial charge in [-0.1, -0.05) is 11.6 Å². The highest BCUT2D eigenvalue weighted by molar-refractivity contribution is 6.30. The second kappa shape index (κ2) is 7.70. The molecule has 0 aliphatic carbocycles. The van der Waals surface area contributed by atoms with E-state index in [-0.39, 0.29) is 51.7 Å². The molecule has 3 aromatic rings. The van der Waals surface area contributed by atoms with Gasteiger partial charge in [0.05, 0.1) is 18.5 Å². The molecule has 1 fully saturated rings. The van der Waals surface area contributed by atoms with Gasteiger partial charge in [0.2, 0.25) is 0 Å². The van der Waals surface area contributed by atoms with E-state index in [0.717, 1.165) is 12.5 Å². The number of aromatic nitrogens is 3. The van der Waals surface area contributed by atoms with E-state index in [1.165, 1.54) is 23.1 Å². The van der Waals surface area contributed by atoms with Gasteiger partial charge in [-0.15, -0.1) is 0 Å². The van der Waals surface area contributed by atoms with E-state index in [0.29, 0.717) is 18.8 Å². The number of ether oxygens (including phenoxy) is 1. The Balaban J connectivity index is 1.72. The number of rotatable bonds is 2. The van der Waals surface area contributed by atoms with Crippen LogP contribution in [0.1, 0.15) is 12.2 Å². The minimum atomic E-state index is -4.54. The van der Waals surface area contributed by atoms with Crippen LogP contribution in [0, 0.1) is 5.82 Å². The van der Waals surface area contributed by atoms with Crippen LogP contribution in [-0.4, -0.2) is 46.5 Å². The molecular weight excluding hydrogens is 452 g/mol. The molecule has 0 saturated carbocycles. The first-order chi connectivity index (χ1) is 15.2. The van der Waals surface area contributed by atoms with Gasteiger partial charge in [0.25, 0.3) is 5.56 Å². The van der Waals surface area contributed by atoms with E-state index in [1.54, 1.807) is 4.57 Å². The summed E-state index contributed by atoms with van der Waals surface area (Å²) < 4.78 is 60.9. The number of alkyl halides is 3. The molecule has 1 atom stereocenters. The van der Waals surface area contributed by atoms with Crippen molar-refractivity contribution in [2.45, 2.75) is 31.7 Å². The zero-order valence-electron chi connectivity index (χ0n) is 16.6. The second-order valence-corrected chi connectivity index (χ2v) is 8.22. The van der Waals surface area contributed by atoms with Gasteiger partial charge >= 0.3 is 6.18 Å². The molecule has 2 aliphatic heterocycles. The molecule has 2 aromatic heterocycles. The lowest BCUT2D eigenvalue weighted by atomic mass is 10.1. The Morgan fingerprint density at radius 3 is 2.72 bits per heavy atom. The number of anilines is 1. The number of pyridine rings is 1. The number of hydrogen-bond acceptors (Lipinski definition) is 5. The van der Waals surface area contributed by atoms with E-state index in [1.807, 2.05) is 0 Å². The largest absolute Gasteiger partial charge is 0.416 e. The Labute approximate surface area is 184 Å². The van der Waals surface area contributed by atoms with E-state index in [2.05, 4.69) is 9.97 Å². The summed E-state index contributed by atoms with van der Waals surface area (Å²) in [7, 11) is 0. The van der Waals surface area contributed by atoms with Crippen LogP contribution in [0.5, 0.6) is 0 Å². The molecule has 2 aliphatic rings. The Kier molecular flexibility index (Phi) is 5.09. The molecule has 0 radical (unpaired) electrons. The van der Waals surface area contributed by atoms with Gasteiger partial charge in [0.15, 0.2) is 6.10 Å². The predicted molar refractivity (Wildman–Crippen MR) is 111 cm³/mol. The normalized spacial score (nSPS) is 18.9. The van der Waals surface area contributed by atoms with Gasteiger partial charge in [0.1, 0.15) is 28.7 Å². The van der Waals surface area contributed by atoms with Crippen molar-refractivity contribution in [1.82, 2.24) is 14.5 Å². The monoisotopic (exact) mass is 468 g/mol. The number of morpholine rings is 1. The average molecular weight is 469 g/mol. The first-order valence-electron chi connectivity index (χ1n) is 10.1. The molecule has 0 N–H and O–H groups in total. The maximum absolute atomic E-state index is 14.8. The molecule has 0 bridgehead atoms. The van der Waals surface area contributed by atoms with Crippen LogP contribution in [0.25, 0.3) is 22.2 Å². The van der Waals surface area contributed by atoms with Gasteiger partial charge in [0, 0.05) is 30.1 Å². The van der Waals surface area contributed by atoms with Crippen LogP contribution in [-0.2, 0) is 17.7 Å². The number of benzene rings is 1. The first kappa shape index (κ1) is 21.1. The van der Waals surface area contributed by atoms with Crippen LogP contribution in [0.3, 0.4) is 0 Å². The fourth-order valence-corrected chi connectivity index (χ4v) is 4.32. The number of fused-ring (bicyclic) bond motifs is 2. The van der Waals surface area contributed by atoms with Crippen LogP contribution < -0.4 is 10.5 Å². The van der Waals surface area contributed by atoms with Crippen LogP contribution in [0.15, 0.2) is 29.1 Å². The van der Waals surface area contributed by atoms with Crippen molar-refractivity contribution >= 4 is 28.3 Å². The molecule has 168 valence electrons. The predicted octanol–water partition coefficient (Wildman–Crippen LogP) is 3.96. The molecule has 1 saturated heterocycles. The number of halogens is 5. The zero-order chi connectivity index (χ0) is 22.6. The minimum Gasteiger partial charge on any atom is -0.365 e. The van der Waals surface area contributed by atoms with E-state index < -0.39 is 24.6 Å². The maximum atomic E-state index is 14.8. The fraction of sp³-hybridized carbons (Fsp3) is 0.381. The summed E-state index contributed by atoms with van der Waals surface area (Å²) in [6.07, 6.45) is -5.17. The van der Waals surface area contributed by atoms with Gasteiger partial charge < -0.3 is 9.64 Å². The molecule has 6 nitrogen and oxygen atoms in total. The smallest absolute Gasteiger partial charge is 0.365 e. The van der Waals surface area contributed by atoms with Crippen LogP contribution in [0.2, 0.25) is 5.02 Å². The van der Waals surface area contributed by atoms with Crippen molar-refractivity contribution in [2.75, 3.05) is 24.6 Å². The molecule has 1 aromatic carbocycles. The summed E-state index contributed by atoms with van der Waals surface area (Å²) in [5.41, 5.74) is 0.0574. The summed E-state index contributed by atoms with van der Waals surface area (Å²) >= 11 is 5.88. The van der Waals surface area contributed by atoms with Crippen molar-refractivity contribution in [1.29, 1.82) is 0 Å². The lowest BCUT2D eigenvalue weighted by molar-refractivity contribution is -0.221. The molecule has 4 heterocycles. The highest BCUT2D eigenvalue weighted by atomic mass is 35.5. The minimum absolute atomic E-state index is 0.0664. The van der Waals surface area contributed by atoms with Gasteiger partial charge in [-0.25, -0.2) is 14.4 Å². The number of nitrogens with zero attached hydrogens (tertiary/aromatic N) is 4. The van der Waals surface area contributed by atoms with Crippen molar-refractivity contribution in [3.05, 3.63) is 51.3 Å². The Bertz CT molecular complexity index is 1280. The highest BCUT2D eigenvalue weighted by Crippen LogP contribution is 2.33. The fourth-order valence-electron chi connectivity index (χ4n) is 4.16. The van der Waals surface area contributed by atoms with E-state index in [9.17, 15) is 22.4 Å². The van der Waals surface area contributed by atoms with Crippen LogP contribution in [0.4, 0.5) is 23.4 Å². The lowest BCUT2D eigenvalue weighted by Crippen LogP contribution is -2.49. The van der Waals surface area contributed by atoms with Crippen molar-refractivity contribution in [3.63, 3.8) is 0 Å². The Hall–Kier alpha value is -2.72. The maximum Gasteiger partial charge on any atom is 0.416 e. The third-order valence-corrected chi connectivity index (χ3v) is 5.97. The second-order valence-electron chi connectivity index (χ2n) is 7.78. The third kappa shape index (κ3) is 3.61. The van der Waals surface area contributed by atoms with Gasteiger partial charge in [-0.3, -0.25) is 9.36 Å². The number of aryl methyl sites for hydroxylation is 1. The molecule has 0 amide bonds. The Morgan fingerprint density at radius 1 is 1.16 bits per heavy atom. The topological polar surface area (TPSA) is 60.3 Å². The summed E-state index contributed by atoms with van der Waals surface area (Å²) in [5.74, 6) is 0.0500. The lowest BCUT2D eigenvalue weighted by Gasteiger charge is -2.34. The summed E-state index contributed by atoms with van der Waals surface area (Å²) in [6.45, 7) is 0.0145. The third-order valence-electron chi connectivity index (χ3n) is 5.73. The van der Waals surface area contributed by atoms with Crippen molar-refractivity contribution in [2.24, 2.45) is 0 Å². The van der Waals surface area contributed by atoms with Crippen molar-refractivity contribution in [3.8, 4) is 11.3 Å². The Morgan fingerprint density at radius 2 is 1.97 bits per heavy atom. The van der Waals surface area contributed by atoms with E-state index in [4.69, 9.17) is 16.3 Å². The van der Waals surface area contributed by atoms with Crippen molar-refractivity contribution < 1.29 is 22.3 Å². The molecule has 5 rings (SSSR count). The molecule has 32 heavy (non-hydrogen) atoms. The molecule has 11 heteroatoms. The van der Waals surface area contributed by atoms with Gasteiger partial charge in [-0.2, -0.15) is 13.2 Å². The highest BCUT2D eigenvalue weighted by Gasteiger charge is 2.43. The van der Waals surface area contributed by atoms with Crippen LogP contribution >= 0.6 is 11.6 Å². The molecule has 0 unspecified atom stereocenters. The average Bonchev–Trinajstić information content (AvgIpc) is 3.22. The summed E-state index contributed by atoms with van der Waals surface area (Å²) in [6, 6.07) is 5.46. The zero-order valence-corrected chi connectivity index (χ0v) is 17.4. The summed E-state index contributed by atoms with van der Waals surface area (Å²) in [5, 5.41) is 0.363. The summed E-state index contributed by atoms with van der Waals surface area (Å²) in [4.78, 5) is 23.6. The quantitative estimate of drug-likeness (QED) is 0.533. The number of hydrogen-bond donors (Lipinski definition) is 0. The SMILES string of the molecule is O=c1c2cc(N3CCO[C@@H](C(F)(F)F)C3)nc(-c3ccc(Cl)cc3F)c2nc2n1CCC2.